The zero-order valence-corrected chi connectivity index (χ0v) is 25.6. The van der Waals surface area contributed by atoms with Gasteiger partial charge in [0.25, 0.3) is 5.56 Å². The molecule has 14 heteroatoms. The predicted octanol–water partition coefficient (Wildman–Crippen LogP) is 4.41. The summed E-state index contributed by atoms with van der Waals surface area (Å²) in [6, 6.07) is 14.8. The van der Waals surface area contributed by atoms with Crippen LogP contribution in [0, 0.1) is 5.82 Å². The molecule has 44 heavy (non-hydrogen) atoms. The van der Waals surface area contributed by atoms with Gasteiger partial charge in [0.15, 0.2) is 11.6 Å². The van der Waals surface area contributed by atoms with Crippen LogP contribution in [0.3, 0.4) is 0 Å². The molecule has 0 amide bonds. The molecule has 2 N–H and O–H groups in total. The molecule has 3 aromatic carbocycles. The van der Waals surface area contributed by atoms with Crippen molar-refractivity contribution in [2.75, 3.05) is 48.9 Å². The monoisotopic (exact) mass is 646 g/mol. The second-order valence-corrected chi connectivity index (χ2v) is 12.2. The fourth-order valence-electron chi connectivity index (χ4n) is 5.48. The molecule has 3 heterocycles. The number of fused-ring (bicyclic) bond motifs is 1. The number of halogens is 3. The molecule has 1 atom stereocenters. The van der Waals surface area contributed by atoms with Gasteiger partial charge in [-0.15, -0.1) is 12.4 Å². The zero-order chi connectivity index (χ0) is 30.1. The van der Waals surface area contributed by atoms with Crippen molar-refractivity contribution >= 4 is 44.9 Å². The molecule has 2 saturated heterocycles. The fourth-order valence-corrected chi connectivity index (χ4v) is 6.78. The lowest BCUT2D eigenvalue weighted by Crippen LogP contribution is -2.43. The van der Waals surface area contributed by atoms with Crippen LogP contribution in [0.5, 0.6) is 11.5 Å². The third-order valence-corrected chi connectivity index (χ3v) is 9.29. The molecule has 0 spiro atoms. The van der Waals surface area contributed by atoms with Crippen LogP contribution in [0.1, 0.15) is 18.9 Å². The molecule has 2 fully saturated rings. The smallest absolute Gasteiger partial charge is 0.301 e. The lowest BCUT2D eigenvalue weighted by Gasteiger charge is -2.29. The number of aromatic nitrogens is 2. The first-order chi connectivity index (χ1) is 20.7. The average Bonchev–Trinajstić information content (AvgIpc) is 3.47. The van der Waals surface area contributed by atoms with Gasteiger partial charge in [0, 0.05) is 50.5 Å². The maximum absolute atomic E-state index is 15.1. The van der Waals surface area contributed by atoms with E-state index in [1.165, 1.54) is 23.0 Å². The topological polar surface area (TPSA) is 109 Å². The van der Waals surface area contributed by atoms with Gasteiger partial charge in [-0.3, -0.25) is 14.1 Å². The summed E-state index contributed by atoms with van der Waals surface area (Å²) < 4.78 is 65.4. The second-order valence-electron chi connectivity index (χ2n) is 10.6. The maximum Gasteiger partial charge on any atom is 0.301 e. The highest BCUT2D eigenvalue weighted by Crippen LogP contribution is 2.35. The number of benzene rings is 3. The highest BCUT2D eigenvalue weighted by molar-refractivity contribution is 7.90. The number of anilines is 2. The van der Waals surface area contributed by atoms with Crippen molar-refractivity contribution in [2.45, 2.75) is 25.9 Å². The van der Waals surface area contributed by atoms with Gasteiger partial charge in [-0.1, -0.05) is 6.92 Å². The third kappa shape index (κ3) is 6.36. The van der Waals surface area contributed by atoms with E-state index >= 15 is 4.39 Å². The van der Waals surface area contributed by atoms with Crippen LogP contribution in [0.4, 0.5) is 20.2 Å². The van der Waals surface area contributed by atoms with Crippen molar-refractivity contribution in [1.29, 1.82) is 0 Å². The highest BCUT2D eigenvalue weighted by Gasteiger charge is 2.32. The minimum absolute atomic E-state index is 0. The Morgan fingerprint density at radius 2 is 1.77 bits per heavy atom. The highest BCUT2D eigenvalue weighted by atomic mass is 35.5. The maximum atomic E-state index is 15.1. The third-order valence-electron chi connectivity index (χ3n) is 7.80. The predicted molar refractivity (Wildman–Crippen MR) is 169 cm³/mol. The van der Waals surface area contributed by atoms with E-state index in [2.05, 4.69) is 19.9 Å². The first-order valence-electron chi connectivity index (χ1n) is 14.2. The molecule has 234 valence electrons. The first-order valence-corrected chi connectivity index (χ1v) is 15.7. The normalized spacial score (nSPS) is 17.4. The molecule has 1 aromatic heterocycles. The van der Waals surface area contributed by atoms with Gasteiger partial charge in [-0.2, -0.15) is 12.7 Å². The van der Waals surface area contributed by atoms with Crippen molar-refractivity contribution in [3.63, 3.8) is 0 Å². The van der Waals surface area contributed by atoms with Crippen LogP contribution in [0.2, 0.25) is 0 Å². The molecule has 0 bridgehead atoms. The molecule has 4 aromatic rings. The number of rotatable bonds is 8. The van der Waals surface area contributed by atoms with Gasteiger partial charge >= 0.3 is 10.2 Å². The van der Waals surface area contributed by atoms with E-state index in [1.807, 2.05) is 24.3 Å². The van der Waals surface area contributed by atoms with E-state index in [-0.39, 0.29) is 72.0 Å². The van der Waals surface area contributed by atoms with Crippen molar-refractivity contribution in [2.24, 2.45) is 0 Å². The van der Waals surface area contributed by atoms with Crippen LogP contribution in [0.15, 0.2) is 65.7 Å². The summed E-state index contributed by atoms with van der Waals surface area (Å²) in [7, 11) is -4.05. The van der Waals surface area contributed by atoms with E-state index in [0.29, 0.717) is 11.2 Å². The number of piperazine rings is 1. The molecule has 6 rings (SSSR count). The van der Waals surface area contributed by atoms with E-state index in [1.54, 1.807) is 19.1 Å². The molecule has 0 unspecified atom stereocenters. The number of hydrogen-bond donors (Lipinski definition) is 2. The molecule has 0 radical (unpaired) electrons. The van der Waals surface area contributed by atoms with Crippen molar-refractivity contribution in [1.82, 2.24) is 19.2 Å². The molecule has 0 aliphatic carbocycles. The summed E-state index contributed by atoms with van der Waals surface area (Å²) in [5, 5.41) is 3.61. The Balaban J connectivity index is 0.00000384. The summed E-state index contributed by atoms with van der Waals surface area (Å²) in [5.74, 6) is -0.677. The van der Waals surface area contributed by atoms with Crippen LogP contribution in [-0.2, 0) is 16.6 Å². The largest absolute Gasteiger partial charge is 0.454 e. The van der Waals surface area contributed by atoms with Gasteiger partial charge in [0.05, 0.1) is 22.3 Å². The first kappa shape index (κ1) is 31.6. The van der Waals surface area contributed by atoms with Gasteiger partial charge in [0.2, 0.25) is 0 Å². The van der Waals surface area contributed by atoms with Crippen molar-refractivity contribution in [3.05, 3.63) is 82.7 Å². The second kappa shape index (κ2) is 13.1. The minimum atomic E-state index is -4.05. The van der Waals surface area contributed by atoms with Gasteiger partial charge in [0.1, 0.15) is 18.2 Å². The lowest BCUT2D eigenvalue weighted by atomic mass is 10.1. The van der Waals surface area contributed by atoms with Crippen LogP contribution in [0.25, 0.3) is 16.6 Å². The lowest BCUT2D eigenvalue weighted by molar-refractivity contribution is 0.343. The van der Waals surface area contributed by atoms with Gasteiger partial charge < -0.3 is 15.0 Å². The summed E-state index contributed by atoms with van der Waals surface area (Å²) in [5.41, 5.74) is 2.28. The molecule has 0 saturated carbocycles. The van der Waals surface area contributed by atoms with E-state index in [0.717, 1.165) is 42.2 Å². The van der Waals surface area contributed by atoms with Gasteiger partial charge in [-0.25, -0.2) is 13.8 Å². The Bertz CT molecular complexity index is 1820. The summed E-state index contributed by atoms with van der Waals surface area (Å²) >= 11 is 0. The average molecular weight is 647 g/mol. The van der Waals surface area contributed by atoms with Crippen molar-refractivity contribution < 1.29 is 21.9 Å². The standard InChI is InChI=1S/C30H32F2N6O4S.ClH/c1-2-24-28(35-43(40,41)37-14-11-20(31)18-37)10-8-26(32)29(24)42-23-7-9-27-25(17-23)30(39)38(19-34-27)22-5-3-21(4-6-22)36-15-12-33-13-16-36;/h3-10,17,19-20,33,35H,2,11-16,18H2,1H3;1H/t20-;/m1./s1. The Hall–Kier alpha value is -3.78. The van der Waals surface area contributed by atoms with Gasteiger partial charge in [-0.05, 0) is 67.4 Å². The number of nitrogens with zero attached hydrogens (tertiary/aromatic N) is 4. The Morgan fingerprint density at radius 3 is 2.45 bits per heavy atom. The quantitative estimate of drug-likeness (QED) is 0.292. The fraction of sp³-hybridized carbons (Fsp3) is 0.333. The Kier molecular flexibility index (Phi) is 9.39. The zero-order valence-electron chi connectivity index (χ0n) is 24.0. The van der Waals surface area contributed by atoms with E-state index in [9.17, 15) is 17.6 Å². The number of hydrogen-bond acceptors (Lipinski definition) is 7. The number of alkyl halides is 1. The minimum Gasteiger partial charge on any atom is -0.454 e. The summed E-state index contributed by atoms with van der Waals surface area (Å²) in [4.78, 5) is 20.2. The number of nitrogens with one attached hydrogen (secondary N) is 2. The van der Waals surface area contributed by atoms with E-state index < -0.39 is 22.2 Å². The Morgan fingerprint density at radius 1 is 1.05 bits per heavy atom. The Labute approximate surface area is 260 Å². The van der Waals surface area contributed by atoms with Crippen molar-refractivity contribution in [3.8, 4) is 17.2 Å². The van der Waals surface area contributed by atoms with Crippen LogP contribution < -0.4 is 25.2 Å². The van der Waals surface area contributed by atoms with Crippen LogP contribution in [-0.4, -0.2) is 67.7 Å². The molecule has 2 aliphatic rings. The molecule has 10 nitrogen and oxygen atoms in total. The summed E-state index contributed by atoms with van der Waals surface area (Å²) in [6.07, 6.45) is 0.612. The SMILES string of the molecule is CCc1c(NS(=O)(=O)N2CC[C@@H](F)C2)ccc(F)c1Oc1ccc2ncn(-c3ccc(N4CCNCC4)cc3)c(=O)c2c1.Cl. The molecular formula is C30H33ClF2N6O4S. The summed E-state index contributed by atoms with van der Waals surface area (Å²) in [6.45, 7) is 5.23. The molecular weight excluding hydrogens is 614 g/mol. The molecule has 2 aliphatic heterocycles. The number of ether oxygens (including phenoxy) is 1. The van der Waals surface area contributed by atoms with E-state index in [4.69, 9.17) is 4.74 Å². The van der Waals surface area contributed by atoms with Crippen LogP contribution >= 0.6 is 12.4 Å².